The molecule has 1 heterocycles. The molecule has 1 N–H and O–H groups in total. The number of carbonyl (C=O) groups excluding carboxylic acids is 1. The van der Waals surface area contributed by atoms with Crippen molar-refractivity contribution in [2.24, 2.45) is 0 Å². The van der Waals surface area contributed by atoms with Gasteiger partial charge >= 0.3 is 0 Å². The van der Waals surface area contributed by atoms with Gasteiger partial charge in [-0.25, -0.2) is 9.67 Å². The van der Waals surface area contributed by atoms with Crippen LogP contribution in [-0.2, 0) is 0 Å². The Morgan fingerprint density at radius 2 is 1.71 bits per heavy atom. The van der Waals surface area contributed by atoms with Crippen LogP contribution in [0.1, 0.15) is 27.3 Å². The fourth-order valence-electron chi connectivity index (χ4n) is 3.52. The number of aryl methyl sites for hydroxylation is 3. The topological polar surface area (TPSA) is 69.0 Å². The van der Waals surface area contributed by atoms with E-state index in [1.54, 1.807) is 23.9 Å². The zero-order valence-corrected chi connectivity index (χ0v) is 18.0. The van der Waals surface area contributed by atoms with Gasteiger partial charge in [0.05, 0.1) is 18.5 Å². The highest BCUT2D eigenvalue weighted by Crippen LogP contribution is 2.26. The Balaban J connectivity index is 1.80. The van der Waals surface area contributed by atoms with Gasteiger partial charge in [-0.3, -0.25) is 4.79 Å². The molecule has 0 saturated heterocycles. The standard InChI is InChI=1S/C25H24N4O2/c1-16-8-7-9-19(15-16)24-27-23(25(30)26-20-10-5-6-11-22(20)31-4)28-29(24)21-13-12-17(2)14-18(21)3/h5-15H,1-4H3,(H,26,30). The molecule has 1 amide bonds. The number of aromatic nitrogens is 3. The van der Waals surface area contributed by atoms with Crippen molar-refractivity contribution in [3.8, 4) is 22.8 Å². The number of hydrogen-bond acceptors (Lipinski definition) is 4. The van der Waals surface area contributed by atoms with Crippen LogP contribution in [0.5, 0.6) is 5.75 Å². The summed E-state index contributed by atoms with van der Waals surface area (Å²) in [7, 11) is 1.56. The van der Waals surface area contributed by atoms with Gasteiger partial charge in [0.25, 0.3) is 5.91 Å². The van der Waals surface area contributed by atoms with E-state index in [-0.39, 0.29) is 5.82 Å². The second kappa shape index (κ2) is 8.44. The quantitative estimate of drug-likeness (QED) is 0.494. The first-order chi connectivity index (χ1) is 15.0. The molecule has 4 aromatic rings. The van der Waals surface area contributed by atoms with Gasteiger partial charge < -0.3 is 10.1 Å². The van der Waals surface area contributed by atoms with Gasteiger partial charge in [0.2, 0.25) is 5.82 Å². The average Bonchev–Trinajstić information content (AvgIpc) is 3.19. The van der Waals surface area contributed by atoms with Crippen molar-refractivity contribution >= 4 is 11.6 Å². The molecule has 0 bridgehead atoms. The number of amides is 1. The molecule has 0 unspecified atom stereocenters. The number of para-hydroxylation sites is 2. The SMILES string of the molecule is COc1ccccc1NC(=O)c1nc(-c2cccc(C)c2)n(-c2ccc(C)cc2C)n1. The molecule has 0 radical (unpaired) electrons. The minimum absolute atomic E-state index is 0.0855. The Kier molecular flexibility index (Phi) is 5.54. The Labute approximate surface area is 181 Å². The van der Waals surface area contributed by atoms with Crippen LogP contribution >= 0.6 is 0 Å². The molecule has 1 aromatic heterocycles. The van der Waals surface area contributed by atoms with E-state index in [1.165, 1.54) is 0 Å². The van der Waals surface area contributed by atoms with E-state index in [2.05, 4.69) is 21.5 Å². The third-order valence-corrected chi connectivity index (χ3v) is 5.02. The van der Waals surface area contributed by atoms with Crippen LogP contribution < -0.4 is 10.1 Å². The van der Waals surface area contributed by atoms with E-state index < -0.39 is 5.91 Å². The van der Waals surface area contributed by atoms with E-state index in [0.717, 1.165) is 27.9 Å². The zero-order valence-electron chi connectivity index (χ0n) is 18.0. The van der Waals surface area contributed by atoms with E-state index in [0.29, 0.717) is 17.3 Å². The lowest BCUT2D eigenvalue weighted by Gasteiger charge is -2.10. The average molecular weight is 412 g/mol. The monoisotopic (exact) mass is 412 g/mol. The van der Waals surface area contributed by atoms with Gasteiger partial charge in [-0.15, -0.1) is 5.10 Å². The fourth-order valence-corrected chi connectivity index (χ4v) is 3.52. The Morgan fingerprint density at radius 1 is 0.935 bits per heavy atom. The molecule has 4 rings (SSSR count). The summed E-state index contributed by atoms with van der Waals surface area (Å²) in [5.74, 6) is 0.869. The van der Waals surface area contributed by atoms with Gasteiger partial charge in [0, 0.05) is 5.56 Å². The third-order valence-electron chi connectivity index (χ3n) is 5.02. The van der Waals surface area contributed by atoms with Crippen LogP contribution in [0.3, 0.4) is 0 Å². The third kappa shape index (κ3) is 4.19. The molecule has 31 heavy (non-hydrogen) atoms. The maximum Gasteiger partial charge on any atom is 0.295 e. The van der Waals surface area contributed by atoms with Gasteiger partial charge in [-0.1, -0.05) is 53.6 Å². The number of methoxy groups -OCH3 is 1. The lowest BCUT2D eigenvalue weighted by atomic mass is 10.1. The number of anilines is 1. The lowest BCUT2D eigenvalue weighted by Crippen LogP contribution is -2.15. The summed E-state index contributed by atoms with van der Waals surface area (Å²) in [5.41, 5.74) is 5.65. The molecule has 3 aromatic carbocycles. The van der Waals surface area contributed by atoms with Gasteiger partial charge in [0.1, 0.15) is 5.75 Å². The maximum atomic E-state index is 13.0. The van der Waals surface area contributed by atoms with Crippen molar-refractivity contribution in [3.63, 3.8) is 0 Å². The number of hydrogen-bond donors (Lipinski definition) is 1. The smallest absolute Gasteiger partial charge is 0.295 e. The minimum atomic E-state index is -0.401. The van der Waals surface area contributed by atoms with Crippen LogP contribution in [0.15, 0.2) is 66.7 Å². The number of nitrogens with zero attached hydrogens (tertiary/aromatic N) is 3. The number of rotatable bonds is 5. The first-order valence-electron chi connectivity index (χ1n) is 10.0. The summed E-state index contributed by atoms with van der Waals surface area (Å²) in [5, 5.41) is 7.44. The molecule has 156 valence electrons. The number of benzene rings is 3. The largest absolute Gasteiger partial charge is 0.495 e. The molecule has 0 fully saturated rings. The highest BCUT2D eigenvalue weighted by Gasteiger charge is 2.20. The first-order valence-corrected chi connectivity index (χ1v) is 10.0. The summed E-state index contributed by atoms with van der Waals surface area (Å²) >= 11 is 0. The molecule has 0 atom stereocenters. The molecular weight excluding hydrogens is 388 g/mol. The predicted molar refractivity (Wildman–Crippen MR) is 122 cm³/mol. The lowest BCUT2D eigenvalue weighted by molar-refractivity contribution is 0.101. The molecule has 0 saturated carbocycles. The summed E-state index contributed by atoms with van der Waals surface area (Å²) in [6.07, 6.45) is 0. The van der Waals surface area contributed by atoms with Gasteiger partial charge in [0.15, 0.2) is 5.82 Å². The molecule has 0 aliphatic carbocycles. The van der Waals surface area contributed by atoms with Gasteiger partial charge in [-0.05, 0) is 50.6 Å². The second-order valence-corrected chi connectivity index (χ2v) is 7.48. The summed E-state index contributed by atoms with van der Waals surface area (Å²) in [6.45, 7) is 6.10. The van der Waals surface area contributed by atoms with Crippen LogP contribution in [0.25, 0.3) is 17.1 Å². The van der Waals surface area contributed by atoms with Crippen molar-refractivity contribution in [2.45, 2.75) is 20.8 Å². The number of nitrogens with one attached hydrogen (secondary N) is 1. The van der Waals surface area contributed by atoms with Crippen molar-refractivity contribution in [1.29, 1.82) is 0 Å². The van der Waals surface area contributed by atoms with E-state index >= 15 is 0 Å². The molecular formula is C25H24N4O2. The Hall–Kier alpha value is -3.93. The molecule has 0 spiro atoms. The first kappa shape index (κ1) is 20.3. The Morgan fingerprint density at radius 3 is 2.45 bits per heavy atom. The zero-order chi connectivity index (χ0) is 22.0. The maximum absolute atomic E-state index is 13.0. The van der Waals surface area contributed by atoms with E-state index in [9.17, 15) is 4.79 Å². The van der Waals surface area contributed by atoms with Crippen LogP contribution in [0.2, 0.25) is 0 Å². The fraction of sp³-hybridized carbons (Fsp3) is 0.160. The number of ether oxygens (including phenoxy) is 1. The molecule has 0 aliphatic rings. The van der Waals surface area contributed by atoms with E-state index in [4.69, 9.17) is 4.74 Å². The van der Waals surface area contributed by atoms with Crippen LogP contribution in [0.4, 0.5) is 5.69 Å². The second-order valence-electron chi connectivity index (χ2n) is 7.48. The predicted octanol–water partition coefficient (Wildman–Crippen LogP) is 5.12. The Bertz CT molecular complexity index is 1260. The molecule has 6 heteroatoms. The normalized spacial score (nSPS) is 10.7. The summed E-state index contributed by atoms with van der Waals surface area (Å²) < 4.78 is 7.07. The minimum Gasteiger partial charge on any atom is -0.495 e. The molecule has 6 nitrogen and oxygen atoms in total. The van der Waals surface area contributed by atoms with Crippen molar-refractivity contribution < 1.29 is 9.53 Å². The van der Waals surface area contributed by atoms with Crippen molar-refractivity contribution in [2.75, 3.05) is 12.4 Å². The van der Waals surface area contributed by atoms with E-state index in [1.807, 2.05) is 69.3 Å². The van der Waals surface area contributed by atoms with Crippen LogP contribution in [-0.4, -0.2) is 27.8 Å². The van der Waals surface area contributed by atoms with Crippen LogP contribution in [0, 0.1) is 20.8 Å². The van der Waals surface area contributed by atoms with Gasteiger partial charge in [-0.2, -0.15) is 0 Å². The van der Waals surface area contributed by atoms with Crippen molar-refractivity contribution in [3.05, 3.63) is 89.2 Å². The molecule has 0 aliphatic heterocycles. The van der Waals surface area contributed by atoms with Crippen molar-refractivity contribution in [1.82, 2.24) is 14.8 Å². The highest BCUT2D eigenvalue weighted by atomic mass is 16.5. The summed E-state index contributed by atoms with van der Waals surface area (Å²) in [4.78, 5) is 17.6. The highest BCUT2D eigenvalue weighted by molar-refractivity contribution is 6.02. The summed E-state index contributed by atoms with van der Waals surface area (Å²) in [6, 6.07) is 21.4. The number of carbonyl (C=O) groups is 1.